The third-order valence-corrected chi connectivity index (χ3v) is 4.83. The number of nitrogens with one attached hydrogen (secondary N) is 1. The van der Waals surface area contributed by atoms with E-state index in [0.29, 0.717) is 27.3 Å². The molecule has 1 N–H and O–H groups in total. The Morgan fingerprint density at radius 2 is 1.37 bits per heavy atom. The van der Waals surface area contributed by atoms with Crippen LogP contribution in [0.25, 0.3) is 0 Å². The molecule has 0 saturated heterocycles. The van der Waals surface area contributed by atoms with Crippen molar-refractivity contribution >= 4 is 29.2 Å². The Morgan fingerprint density at radius 1 is 0.800 bits per heavy atom. The lowest BCUT2D eigenvalue weighted by atomic mass is 9.98. The molecule has 0 atom stereocenters. The number of carbonyl (C=O) groups is 3. The van der Waals surface area contributed by atoms with Crippen molar-refractivity contribution in [3.63, 3.8) is 0 Å². The highest BCUT2D eigenvalue weighted by Crippen LogP contribution is 2.17. The van der Waals surface area contributed by atoms with E-state index in [0.717, 1.165) is 5.56 Å². The molecule has 6 heteroatoms. The first-order valence-corrected chi connectivity index (χ1v) is 9.72. The van der Waals surface area contributed by atoms with Crippen molar-refractivity contribution in [3.8, 4) is 0 Å². The van der Waals surface area contributed by atoms with Crippen LogP contribution < -0.4 is 5.32 Å². The van der Waals surface area contributed by atoms with Crippen molar-refractivity contribution in [2.45, 2.75) is 6.54 Å². The van der Waals surface area contributed by atoms with Crippen LogP contribution in [0.3, 0.4) is 0 Å². The molecule has 0 aliphatic rings. The fourth-order valence-corrected chi connectivity index (χ4v) is 3.06. The molecule has 5 nitrogen and oxygen atoms in total. The highest BCUT2D eigenvalue weighted by atomic mass is 35.5. The number of rotatable bonds is 6. The van der Waals surface area contributed by atoms with Crippen LogP contribution in [0.4, 0.5) is 0 Å². The van der Waals surface area contributed by atoms with Gasteiger partial charge in [-0.2, -0.15) is 0 Å². The molecule has 0 unspecified atom stereocenters. The summed E-state index contributed by atoms with van der Waals surface area (Å²) in [7, 11) is 3.39. The summed E-state index contributed by atoms with van der Waals surface area (Å²) >= 11 is 5.89. The number of hydrogen-bond donors (Lipinski definition) is 1. The van der Waals surface area contributed by atoms with Gasteiger partial charge in [-0.15, -0.1) is 0 Å². The largest absolute Gasteiger partial charge is 0.348 e. The zero-order valence-electron chi connectivity index (χ0n) is 16.7. The van der Waals surface area contributed by atoms with Gasteiger partial charge in [0.25, 0.3) is 11.8 Å². The number of amides is 2. The standard InChI is InChI=1S/C24H21ClN2O3/c1-27(2)24(30)18-9-7-16(8-10-18)15-26-23(29)21-6-4-3-5-20(21)22(28)17-11-13-19(25)14-12-17/h3-14H,15H2,1-2H3,(H,26,29). The van der Waals surface area contributed by atoms with Gasteiger partial charge in [0.15, 0.2) is 5.78 Å². The summed E-state index contributed by atoms with van der Waals surface area (Å²) in [5.41, 5.74) is 2.51. The van der Waals surface area contributed by atoms with Gasteiger partial charge in [0.2, 0.25) is 0 Å². The number of halogens is 1. The van der Waals surface area contributed by atoms with Gasteiger partial charge in [0.1, 0.15) is 0 Å². The third-order valence-electron chi connectivity index (χ3n) is 4.58. The highest BCUT2D eigenvalue weighted by Gasteiger charge is 2.18. The first kappa shape index (κ1) is 21.3. The van der Waals surface area contributed by atoms with Gasteiger partial charge < -0.3 is 10.2 Å². The minimum atomic E-state index is -0.346. The van der Waals surface area contributed by atoms with E-state index >= 15 is 0 Å². The lowest BCUT2D eigenvalue weighted by Gasteiger charge is -2.12. The molecule has 0 aliphatic heterocycles. The molecule has 152 valence electrons. The summed E-state index contributed by atoms with van der Waals surface area (Å²) < 4.78 is 0. The van der Waals surface area contributed by atoms with Gasteiger partial charge >= 0.3 is 0 Å². The first-order chi connectivity index (χ1) is 14.4. The smallest absolute Gasteiger partial charge is 0.253 e. The van der Waals surface area contributed by atoms with Gasteiger partial charge in [-0.1, -0.05) is 41.9 Å². The SMILES string of the molecule is CN(C)C(=O)c1ccc(CNC(=O)c2ccccc2C(=O)c2ccc(Cl)cc2)cc1. The molecule has 0 saturated carbocycles. The summed E-state index contributed by atoms with van der Waals surface area (Å²) in [5.74, 6) is -0.675. The molecule has 0 radical (unpaired) electrons. The van der Waals surface area contributed by atoms with E-state index in [2.05, 4.69) is 5.32 Å². The first-order valence-electron chi connectivity index (χ1n) is 9.35. The fraction of sp³-hybridized carbons (Fsp3) is 0.125. The van der Waals surface area contributed by atoms with Crippen LogP contribution in [-0.4, -0.2) is 36.6 Å². The van der Waals surface area contributed by atoms with Crippen molar-refractivity contribution in [3.05, 3.63) is 106 Å². The number of benzene rings is 3. The van der Waals surface area contributed by atoms with Crippen molar-refractivity contribution in [2.24, 2.45) is 0 Å². The molecule has 0 heterocycles. The van der Waals surface area contributed by atoms with Gasteiger partial charge in [-0.05, 0) is 48.0 Å². The van der Waals surface area contributed by atoms with E-state index in [-0.39, 0.29) is 24.1 Å². The molecule has 3 aromatic rings. The Bertz CT molecular complexity index is 1070. The quantitative estimate of drug-likeness (QED) is 0.607. The van der Waals surface area contributed by atoms with Crippen LogP contribution in [0, 0.1) is 0 Å². The molecule has 3 rings (SSSR count). The van der Waals surface area contributed by atoms with Gasteiger partial charge in [-0.3, -0.25) is 14.4 Å². The summed E-state index contributed by atoms with van der Waals surface area (Å²) in [6.45, 7) is 0.277. The molecular weight excluding hydrogens is 400 g/mol. The summed E-state index contributed by atoms with van der Waals surface area (Å²) in [4.78, 5) is 39.1. The normalized spacial score (nSPS) is 10.4. The second-order valence-corrected chi connectivity index (χ2v) is 7.40. The molecule has 0 aliphatic carbocycles. The predicted octanol–water partition coefficient (Wildman–Crippen LogP) is 4.20. The van der Waals surface area contributed by atoms with E-state index < -0.39 is 0 Å². The average Bonchev–Trinajstić information content (AvgIpc) is 2.77. The minimum Gasteiger partial charge on any atom is -0.348 e. The Balaban J connectivity index is 1.73. The number of hydrogen-bond acceptors (Lipinski definition) is 3. The molecule has 0 aromatic heterocycles. The molecule has 0 fully saturated rings. The Kier molecular flexibility index (Phi) is 6.65. The monoisotopic (exact) mass is 420 g/mol. The van der Waals surface area contributed by atoms with Crippen LogP contribution in [0.15, 0.2) is 72.8 Å². The predicted molar refractivity (Wildman–Crippen MR) is 117 cm³/mol. The summed E-state index contributed by atoms with van der Waals surface area (Å²) in [6, 6.07) is 20.3. The van der Waals surface area contributed by atoms with Crippen molar-refractivity contribution in [1.29, 1.82) is 0 Å². The van der Waals surface area contributed by atoms with Gasteiger partial charge in [-0.25, -0.2) is 0 Å². The lowest BCUT2D eigenvalue weighted by Crippen LogP contribution is -2.25. The van der Waals surface area contributed by atoms with Crippen LogP contribution in [0.2, 0.25) is 5.02 Å². The zero-order valence-corrected chi connectivity index (χ0v) is 17.4. The maximum Gasteiger partial charge on any atom is 0.253 e. The van der Waals surface area contributed by atoms with Crippen LogP contribution >= 0.6 is 11.6 Å². The maximum absolute atomic E-state index is 12.9. The van der Waals surface area contributed by atoms with Crippen molar-refractivity contribution in [2.75, 3.05) is 14.1 Å². The van der Waals surface area contributed by atoms with Crippen LogP contribution in [0.1, 0.15) is 42.2 Å². The number of carbonyl (C=O) groups excluding carboxylic acids is 3. The van der Waals surface area contributed by atoms with E-state index in [9.17, 15) is 14.4 Å². The van der Waals surface area contributed by atoms with E-state index in [1.54, 1.807) is 86.9 Å². The van der Waals surface area contributed by atoms with E-state index in [1.165, 1.54) is 4.90 Å². The molecular formula is C24H21ClN2O3. The molecule has 3 aromatic carbocycles. The number of ketones is 1. The zero-order chi connectivity index (χ0) is 21.7. The molecule has 30 heavy (non-hydrogen) atoms. The van der Waals surface area contributed by atoms with Crippen molar-refractivity contribution < 1.29 is 14.4 Å². The van der Waals surface area contributed by atoms with Crippen LogP contribution in [-0.2, 0) is 6.54 Å². The van der Waals surface area contributed by atoms with Gasteiger partial charge in [0, 0.05) is 42.4 Å². The van der Waals surface area contributed by atoms with Crippen LogP contribution in [0.5, 0.6) is 0 Å². The van der Waals surface area contributed by atoms with E-state index in [1.807, 2.05) is 0 Å². The fourth-order valence-electron chi connectivity index (χ4n) is 2.94. The van der Waals surface area contributed by atoms with E-state index in [4.69, 9.17) is 11.6 Å². The topological polar surface area (TPSA) is 66.5 Å². The maximum atomic E-state index is 12.9. The summed E-state index contributed by atoms with van der Waals surface area (Å²) in [6.07, 6.45) is 0. The second kappa shape index (κ2) is 9.37. The van der Waals surface area contributed by atoms with Gasteiger partial charge in [0.05, 0.1) is 5.56 Å². The third kappa shape index (κ3) is 4.93. The molecule has 2 amide bonds. The minimum absolute atomic E-state index is 0.0831. The Morgan fingerprint density at radius 3 is 1.97 bits per heavy atom. The summed E-state index contributed by atoms with van der Waals surface area (Å²) in [5, 5.41) is 3.37. The Hall–Kier alpha value is -3.44. The average molecular weight is 421 g/mol. The molecule has 0 spiro atoms. The second-order valence-electron chi connectivity index (χ2n) is 6.96. The lowest BCUT2D eigenvalue weighted by molar-refractivity contribution is 0.0827. The Labute approximate surface area is 180 Å². The highest BCUT2D eigenvalue weighted by molar-refractivity contribution is 6.30. The molecule has 0 bridgehead atoms. The van der Waals surface area contributed by atoms with Crippen molar-refractivity contribution in [1.82, 2.24) is 10.2 Å². The number of nitrogens with zero attached hydrogens (tertiary/aromatic N) is 1.